The minimum atomic E-state index is -0.382. The molecule has 3 atom stereocenters. The predicted octanol–water partition coefficient (Wildman–Crippen LogP) is 8.59. The topological polar surface area (TPSA) is 80.7 Å². The lowest BCUT2D eigenvalue weighted by molar-refractivity contribution is -0.136. The Morgan fingerprint density at radius 2 is 1.07 bits per heavy atom. The van der Waals surface area contributed by atoms with Crippen LogP contribution in [0, 0.1) is 16.2 Å². The van der Waals surface area contributed by atoms with Crippen LogP contribution < -0.4 is 0 Å². The fourth-order valence-electron chi connectivity index (χ4n) is 7.84. The maximum absolute atomic E-state index is 11.4. The maximum Gasteiger partial charge on any atom is 0.337 e. The van der Waals surface area contributed by atoms with Gasteiger partial charge in [-0.05, 0) is 113 Å². The van der Waals surface area contributed by atoms with E-state index in [0.29, 0.717) is 40.8 Å². The first-order valence-corrected chi connectivity index (χ1v) is 15.8. The van der Waals surface area contributed by atoms with Crippen LogP contribution in [0.25, 0.3) is 0 Å². The third kappa shape index (κ3) is 8.07. The Balaban J connectivity index is 0.000000141. The number of methoxy groups -OCH3 is 1. The van der Waals surface area contributed by atoms with Crippen LogP contribution >= 0.6 is 0 Å². The normalized spacial score (nSPS) is 33.3. The van der Waals surface area contributed by atoms with Crippen molar-refractivity contribution in [2.24, 2.45) is 16.2 Å². The van der Waals surface area contributed by atoms with Crippen molar-refractivity contribution in [3.05, 3.63) is 47.8 Å². The van der Waals surface area contributed by atoms with E-state index in [9.17, 15) is 19.5 Å². The number of ether oxygens (including phenoxy) is 1. The molecule has 0 aromatic heterocycles. The van der Waals surface area contributed by atoms with E-state index in [1.165, 1.54) is 64.9 Å². The molecule has 0 saturated heterocycles. The first kappa shape index (κ1) is 30.5. The molecule has 6 aliphatic carbocycles. The highest BCUT2D eigenvalue weighted by atomic mass is 16.5. The number of ketones is 2. The fraction of sp³-hybridized carbons (Fsp3) is 0.686. The summed E-state index contributed by atoms with van der Waals surface area (Å²) in [4.78, 5) is 34.0. The molecule has 1 N–H and O–H groups in total. The van der Waals surface area contributed by atoms with Crippen molar-refractivity contribution in [3.8, 4) is 0 Å². The summed E-state index contributed by atoms with van der Waals surface area (Å²) in [6, 6.07) is 0. The van der Waals surface area contributed by atoms with Gasteiger partial charge in [-0.1, -0.05) is 36.5 Å². The SMILES string of the molecule is COC(=O)C1=C(O)C[C@]2(C=CCCC2)CC1.O=C1CCC[C@@]2(C=CCCC2)C1.O=C1CCC[C@@]2(C=CCCC2)C1. The second kappa shape index (κ2) is 14.0. The minimum Gasteiger partial charge on any atom is -0.512 e. The molecule has 6 aliphatic rings. The second-order valence-electron chi connectivity index (χ2n) is 13.2. The molecule has 0 unspecified atom stereocenters. The van der Waals surface area contributed by atoms with Gasteiger partial charge in [-0.3, -0.25) is 9.59 Å². The first-order valence-electron chi connectivity index (χ1n) is 15.8. The van der Waals surface area contributed by atoms with Crippen LogP contribution in [0.1, 0.15) is 128 Å². The standard InChI is InChI=1S/C13H18O3.2C11H16O/c1-16-12(15)10-5-8-13(9-11(10)14)6-3-2-4-7-13;2*12-10-5-4-8-11(9-10)6-2-1-3-7-11/h3,6,14H,2,4-5,7-9H2,1H3;2*2,6H,1,3-5,7-9H2/t13-;2*11-/m000/s1. The van der Waals surface area contributed by atoms with E-state index in [2.05, 4.69) is 41.2 Å². The average Bonchev–Trinajstić information content (AvgIpc) is 2.94. The summed E-state index contributed by atoms with van der Waals surface area (Å²) in [6.07, 6.45) is 34.7. The Kier molecular flexibility index (Phi) is 10.7. The second-order valence-corrected chi connectivity index (χ2v) is 13.2. The number of aliphatic hydroxyl groups excluding tert-OH is 1. The average molecular weight is 551 g/mol. The summed E-state index contributed by atoms with van der Waals surface area (Å²) < 4.78 is 4.66. The van der Waals surface area contributed by atoms with E-state index in [0.717, 1.165) is 57.8 Å². The molecule has 220 valence electrons. The van der Waals surface area contributed by atoms with Crippen molar-refractivity contribution in [3.63, 3.8) is 0 Å². The number of carbonyl (C=O) groups excluding carboxylic acids is 3. The van der Waals surface area contributed by atoms with Crippen molar-refractivity contribution in [1.82, 2.24) is 0 Å². The van der Waals surface area contributed by atoms with Crippen molar-refractivity contribution in [2.75, 3.05) is 7.11 Å². The molecule has 0 aromatic rings. The van der Waals surface area contributed by atoms with Crippen LogP contribution in [0.2, 0.25) is 0 Å². The number of carbonyl (C=O) groups is 3. The Morgan fingerprint density at radius 3 is 1.43 bits per heavy atom. The summed E-state index contributed by atoms with van der Waals surface area (Å²) in [7, 11) is 1.35. The van der Waals surface area contributed by atoms with Crippen molar-refractivity contribution in [1.29, 1.82) is 0 Å². The number of allylic oxidation sites excluding steroid dienone is 7. The fourth-order valence-corrected chi connectivity index (χ4v) is 7.84. The van der Waals surface area contributed by atoms with E-state index in [1.807, 2.05) is 0 Å². The zero-order valence-electron chi connectivity index (χ0n) is 24.7. The molecule has 0 heterocycles. The van der Waals surface area contributed by atoms with Gasteiger partial charge in [-0.25, -0.2) is 4.79 Å². The molecule has 3 spiro atoms. The van der Waals surface area contributed by atoms with Crippen LogP contribution in [0.3, 0.4) is 0 Å². The summed E-state index contributed by atoms with van der Waals surface area (Å²) >= 11 is 0. The van der Waals surface area contributed by atoms with E-state index >= 15 is 0 Å². The molecule has 5 heteroatoms. The summed E-state index contributed by atoms with van der Waals surface area (Å²) in [5.41, 5.74) is 1.16. The molecule has 6 rings (SSSR count). The summed E-state index contributed by atoms with van der Waals surface area (Å²) in [6.45, 7) is 0. The van der Waals surface area contributed by atoms with E-state index < -0.39 is 0 Å². The summed E-state index contributed by atoms with van der Waals surface area (Å²) in [5.74, 6) is 0.803. The van der Waals surface area contributed by atoms with Gasteiger partial charge in [0, 0.05) is 32.1 Å². The van der Waals surface area contributed by atoms with Gasteiger partial charge in [-0.2, -0.15) is 0 Å². The van der Waals surface area contributed by atoms with Gasteiger partial charge in [0.15, 0.2) is 0 Å². The lowest BCUT2D eigenvalue weighted by atomic mass is 9.68. The van der Waals surface area contributed by atoms with Crippen LogP contribution in [0.4, 0.5) is 0 Å². The Hall–Kier alpha value is -2.43. The number of esters is 1. The predicted molar refractivity (Wildman–Crippen MR) is 159 cm³/mol. The Labute approximate surface area is 241 Å². The third-order valence-corrected chi connectivity index (χ3v) is 10.1. The van der Waals surface area contributed by atoms with Crippen molar-refractivity contribution in [2.45, 2.75) is 128 Å². The van der Waals surface area contributed by atoms with E-state index in [-0.39, 0.29) is 17.1 Å². The molecular weight excluding hydrogens is 500 g/mol. The molecule has 0 bridgehead atoms. The highest BCUT2D eigenvalue weighted by Crippen LogP contribution is 2.46. The summed E-state index contributed by atoms with van der Waals surface area (Å²) in [5, 5.41) is 9.93. The molecule has 0 radical (unpaired) electrons. The number of Topliss-reactive ketones (excluding diaryl/α,β-unsaturated/α-hetero) is 2. The molecule has 5 nitrogen and oxygen atoms in total. The molecule has 0 amide bonds. The van der Waals surface area contributed by atoms with Crippen LogP contribution in [0.5, 0.6) is 0 Å². The number of rotatable bonds is 1. The monoisotopic (exact) mass is 550 g/mol. The number of hydrogen-bond acceptors (Lipinski definition) is 5. The molecule has 2 fully saturated rings. The van der Waals surface area contributed by atoms with Gasteiger partial charge in [0.25, 0.3) is 0 Å². The van der Waals surface area contributed by atoms with E-state index in [4.69, 9.17) is 0 Å². The zero-order chi connectivity index (χ0) is 28.5. The third-order valence-electron chi connectivity index (χ3n) is 10.1. The number of hydrogen-bond donors (Lipinski definition) is 1. The van der Waals surface area contributed by atoms with E-state index in [1.54, 1.807) is 0 Å². The molecule has 0 aliphatic heterocycles. The largest absolute Gasteiger partial charge is 0.512 e. The lowest BCUT2D eigenvalue weighted by Gasteiger charge is -2.36. The Morgan fingerprint density at radius 1 is 0.650 bits per heavy atom. The Bertz CT molecular complexity index is 1000. The minimum absolute atomic E-state index is 0.0971. The molecule has 0 aromatic carbocycles. The first-order chi connectivity index (χ1) is 19.3. The molecular formula is C35H50O5. The van der Waals surface area contributed by atoms with Gasteiger partial charge < -0.3 is 9.84 Å². The number of aliphatic hydroxyl groups is 1. The van der Waals surface area contributed by atoms with Gasteiger partial charge in [0.05, 0.1) is 12.7 Å². The maximum atomic E-state index is 11.4. The van der Waals surface area contributed by atoms with Gasteiger partial charge >= 0.3 is 5.97 Å². The zero-order valence-corrected chi connectivity index (χ0v) is 24.7. The molecule has 40 heavy (non-hydrogen) atoms. The van der Waals surface area contributed by atoms with Gasteiger partial charge in [0.2, 0.25) is 0 Å². The highest BCUT2D eigenvalue weighted by molar-refractivity contribution is 5.89. The quantitative estimate of drug-likeness (QED) is 0.261. The van der Waals surface area contributed by atoms with Gasteiger partial charge in [-0.15, -0.1) is 0 Å². The van der Waals surface area contributed by atoms with Crippen LogP contribution in [0.15, 0.2) is 47.8 Å². The van der Waals surface area contributed by atoms with Crippen LogP contribution in [-0.2, 0) is 19.1 Å². The van der Waals surface area contributed by atoms with Crippen LogP contribution in [-0.4, -0.2) is 29.8 Å². The van der Waals surface area contributed by atoms with Crippen molar-refractivity contribution < 1.29 is 24.2 Å². The molecule has 2 saturated carbocycles. The van der Waals surface area contributed by atoms with Crippen molar-refractivity contribution >= 4 is 17.5 Å². The smallest absolute Gasteiger partial charge is 0.337 e. The highest BCUT2D eigenvalue weighted by Gasteiger charge is 2.37. The van der Waals surface area contributed by atoms with Gasteiger partial charge in [0.1, 0.15) is 17.3 Å². The lowest BCUT2D eigenvalue weighted by Crippen LogP contribution is -2.28.